The predicted molar refractivity (Wildman–Crippen MR) is 66.0 cm³/mol. The molecule has 0 spiro atoms. The number of carboxylic acids is 1. The number of carbonyl (C=O) groups is 2. The number of carbonyl (C=O) groups excluding carboxylic acids is 1. The van der Waals surface area contributed by atoms with Crippen molar-refractivity contribution in [1.29, 1.82) is 0 Å². The molecule has 1 saturated carbocycles. The van der Waals surface area contributed by atoms with E-state index in [0.29, 0.717) is 6.42 Å². The molecule has 2 aliphatic rings. The van der Waals surface area contributed by atoms with Gasteiger partial charge in [0.2, 0.25) is 0 Å². The van der Waals surface area contributed by atoms with Gasteiger partial charge in [0.1, 0.15) is 0 Å². The maximum Gasteiger partial charge on any atom is 0.323 e. The summed E-state index contributed by atoms with van der Waals surface area (Å²) in [5.41, 5.74) is 0.00375. The maximum absolute atomic E-state index is 12.0. The van der Waals surface area contributed by atoms with Crippen LogP contribution in [0.3, 0.4) is 0 Å². The van der Waals surface area contributed by atoms with Crippen molar-refractivity contribution in [2.24, 2.45) is 11.3 Å². The molecule has 18 heavy (non-hydrogen) atoms. The van der Waals surface area contributed by atoms with E-state index in [0.717, 1.165) is 19.3 Å². The Hall–Kier alpha value is -1.32. The molecule has 1 fully saturated rings. The summed E-state index contributed by atoms with van der Waals surface area (Å²) in [7, 11) is 0. The van der Waals surface area contributed by atoms with E-state index < -0.39 is 17.4 Å². The summed E-state index contributed by atoms with van der Waals surface area (Å²) in [6, 6.07) is 0. The SMILES string of the molecule is CCOC(=O)C1(C(=O)O)CC=C2CCCCC2C1. The number of esters is 1. The lowest BCUT2D eigenvalue weighted by atomic mass is 9.66. The molecule has 0 heterocycles. The van der Waals surface area contributed by atoms with E-state index in [9.17, 15) is 14.7 Å². The van der Waals surface area contributed by atoms with Gasteiger partial charge in [-0.25, -0.2) is 0 Å². The fraction of sp³-hybridized carbons (Fsp3) is 0.714. The topological polar surface area (TPSA) is 63.6 Å². The van der Waals surface area contributed by atoms with Gasteiger partial charge < -0.3 is 9.84 Å². The van der Waals surface area contributed by atoms with Crippen molar-refractivity contribution in [2.45, 2.75) is 45.4 Å². The van der Waals surface area contributed by atoms with E-state index >= 15 is 0 Å². The number of ether oxygens (including phenoxy) is 1. The normalized spacial score (nSPS) is 31.2. The number of fused-ring (bicyclic) bond motifs is 1. The molecule has 2 rings (SSSR count). The second kappa shape index (κ2) is 5.12. The summed E-state index contributed by atoms with van der Waals surface area (Å²) >= 11 is 0. The van der Waals surface area contributed by atoms with Gasteiger partial charge in [0.15, 0.2) is 5.41 Å². The highest BCUT2D eigenvalue weighted by atomic mass is 16.5. The number of hydrogen-bond acceptors (Lipinski definition) is 3. The molecule has 0 aromatic rings. The fourth-order valence-electron chi connectivity index (χ4n) is 3.12. The number of hydrogen-bond donors (Lipinski definition) is 1. The third kappa shape index (κ3) is 2.16. The minimum absolute atomic E-state index is 0.231. The standard InChI is InChI=1S/C14H20O4/c1-2-18-13(17)14(12(15)16)8-7-10-5-3-4-6-11(10)9-14/h7,11H,2-6,8-9H2,1H3,(H,15,16). The molecule has 2 unspecified atom stereocenters. The van der Waals surface area contributed by atoms with Crippen molar-refractivity contribution in [2.75, 3.05) is 6.61 Å². The van der Waals surface area contributed by atoms with E-state index in [2.05, 4.69) is 0 Å². The maximum atomic E-state index is 12.0. The number of aliphatic carboxylic acids is 1. The van der Waals surface area contributed by atoms with Crippen LogP contribution in [0.2, 0.25) is 0 Å². The molecule has 4 nitrogen and oxygen atoms in total. The van der Waals surface area contributed by atoms with Gasteiger partial charge in [0.25, 0.3) is 0 Å². The van der Waals surface area contributed by atoms with Crippen molar-refractivity contribution in [3.05, 3.63) is 11.6 Å². The molecule has 0 aromatic heterocycles. The highest BCUT2D eigenvalue weighted by molar-refractivity contribution is 5.99. The Kier molecular flexibility index (Phi) is 3.73. The van der Waals surface area contributed by atoms with Gasteiger partial charge in [-0.15, -0.1) is 0 Å². The summed E-state index contributed by atoms with van der Waals surface area (Å²) < 4.78 is 4.98. The Balaban J connectivity index is 2.25. The Morgan fingerprint density at radius 1 is 1.50 bits per heavy atom. The molecule has 2 atom stereocenters. The zero-order valence-corrected chi connectivity index (χ0v) is 10.8. The molecule has 0 radical (unpaired) electrons. The first kappa shape index (κ1) is 13.1. The number of rotatable bonds is 3. The van der Waals surface area contributed by atoms with Crippen LogP contribution in [0, 0.1) is 11.3 Å². The van der Waals surface area contributed by atoms with Crippen LogP contribution in [0.1, 0.15) is 45.4 Å². The summed E-state index contributed by atoms with van der Waals surface area (Å²) in [6.45, 7) is 1.94. The van der Waals surface area contributed by atoms with Crippen LogP contribution in [0.25, 0.3) is 0 Å². The Labute approximate surface area is 107 Å². The zero-order chi connectivity index (χ0) is 13.2. The fourth-order valence-corrected chi connectivity index (χ4v) is 3.12. The lowest BCUT2D eigenvalue weighted by Crippen LogP contribution is -2.44. The highest BCUT2D eigenvalue weighted by Gasteiger charge is 2.50. The van der Waals surface area contributed by atoms with Gasteiger partial charge in [0, 0.05) is 0 Å². The van der Waals surface area contributed by atoms with Gasteiger partial charge in [-0.05, 0) is 44.9 Å². The molecular formula is C14H20O4. The number of allylic oxidation sites excluding steroid dienone is 2. The number of carboxylic acid groups (broad SMARTS) is 1. The Morgan fingerprint density at radius 3 is 2.94 bits per heavy atom. The largest absolute Gasteiger partial charge is 0.480 e. The van der Waals surface area contributed by atoms with Crippen molar-refractivity contribution < 1.29 is 19.4 Å². The van der Waals surface area contributed by atoms with Gasteiger partial charge in [-0.2, -0.15) is 0 Å². The quantitative estimate of drug-likeness (QED) is 0.476. The van der Waals surface area contributed by atoms with Gasteiger partial charge in [0.05, 0.1) is 6.61 Å². The Morgan fingerprint density at radius 2 is 2.28 bits per heavy atom. The molecule has 0 aliphatic heterocycles. The molecule has 1 N–H and O–H groups in total. The van der Waals surface area contributed by atoms with Crippen molar-refractivity contribution in [1.82, 2.24) is 0 Å². The molecule has 0 aromatic carbocycles. The van der Waals surface area contributed by atoms with E-state index in [1.165, 1.54) is 12.0 Å². The van der Waals surface area contributed by atoms with Crippen LogP contribution in [0.15, 0.2) is 11.6 Å². The van der Waals surface area contributed by atoms with Crippen molar-refractivity contribution in [3.8, 4) is 0 Å². The van der Waals surface area contributed by atoms with Gasteiger partial charge in [-0.1, -0.05) is 18.1 Å². The molecule has 4 heteroatoms. The van der Waals surface area contributed by atoms with E-state index in [-0.39, 0.29) is 18.9 Å². The first-order valence-corrected chi connectivity index (χ1v) is 6.69. The van der Waals surface area contributed by atoms with E-state index in [1.807, 2.05) is 6.08 Å². The lowest BCUT2D eigenvalue weighted by molar-refractivity contribution is -0.170. The average Bonchev–Trinajstić information content (AvgIpc) is 2.38. The summed E-state index contributed by atoms with van der Waals surface area (Å²) in [5.74, 6) is -1.35. The zero-order valence-electron chi connectivity index (χ0n) is 10.8. The second-order valence-corrected chi connectivity index (χ2v) is 5.24. The molecule has 100 valence electrons. The highest BCUT2D eigenvalue weighted by Crippen LogP contribution is 2.45. The minimum atomic E-state index is -1.35. The van der Waals surface area contributed by atoms with Gasteiger partial charge >= 0.3 is 11.9 Å². The van der Waals surface area contributed by atoms with Crippen LogP contribution in [-0.4, -0.2) is 23.7 Å². The summed E-state index contributed by atoms with van der Waals surface area (Å²) in [4.78, 5) is 23.5. The monoisotopic (exact) mass is 252 g/mol. The Bertz CT molecular complexity index is 385. The average molecular weight is 252 g/mol. The predicted octanol–water partition coefficient (Wildman–Crippen LogP) is 2.53. The van der Waals surface area contributed by atoms with Crippen LogP contribution in [0.5, 0.6) is 0 Å². The smallest absolute Gasteiger partial charge is 0.323 e. The molecule has 0 bridgehead atoms. The van der Waals surface area contributed by atoms with Crippen LogP contribution < -0.4 is 0 Å². The second-order valence-electron chi connectivity index (χ2n) is 5.24. The molecule has 0 saturated heterocycles. The van der Waals surface area contributed by atoms with Crippen LogP contribution in [0.4, 0.5) is 0 Å². The first-order valence-electron chi connectivity index (χ1n) is 6.69. The van der Waals surface area contributed by atoms with Crippen LogP contribution in [-0.2, 0) is 14.3 Å². The van der Waals surface area contributed by atoms with Crippen LogP contribution >= 0.6 is 0 Å². The van der Waals surface area contributed by atoms with Crippen molar-refractivity contribution >= 4 is 11.9 Å². The summed E-state index contributed by atoms with van der Waals surface area (Å²) in [5, 5.41) is 9.45. The third-order valence-electron chi connectivity index (χ3n) is 4.18. The van der Waals surface area contributed by atoms with E-state index in [1.54, 1.807) is 6.92 Å². The molecule has 2 aliphatic carbocycles. The first-order chi connectivity index (χ1) is 8.60. The minimum Gasteiger partial charge on any atom is -0.480 e. The summed E-state index contributed by atoms with van der Waals surface area (Å²) in [6.07, 6.45) is 7.03. The third-order valence-corrected chi connectivity index (χ3v) is 4.18. The lowest BCUT2D eigenvalue weighted by Gasteiger charge is -2.37. The van der Waals surface area contributed by atoms with E-state index in [4.69, 9.17) is 4.74 Å². The van der Waals surface area contributed by atoms with Crippen molar-refractivity contribution in [3.63, 3.8) is 0 Å². The van der Waals surface area contributed by atoms with Gasteiger partial charge in [-0.3, -0.25) is 9.59 Å². The molecular weight excluding hydrogens is 232 g/mol. The molecule has 0 amide bonds.